The maximum absolute atomic E-state index is 13.5. The van der Waals surface area contributed by atoms with E-state index in [2.05, 4.69) is 26.0 Å². The Kier molecular flexibility index (Phi) is 7.32. The van der Waals surface area contributed by atoms with E-state index in [9.17, 15) is 15.0 Å². The molecule has 0 bridgehead atoms. The first-order chi connectivity index (χ1) is 16.3. The van der Waals surface area contributed by atoms with E-state index in [4.69, 9.17) is 4.74 Å². The molecule has 2 aromatic rings. The normalized spacial score (nSPS) is 24.9. The quantitative estimate of drug-likeness (QED) is 0.530. The maximum Gasteiger partial charge on any atom is 0.247 e. The minimum Gasteiger partial charge on any atom is -0.504 e. The summed E-state index contributed by atoms with van der Waals surface area (Å²) in [6.07, 6.45) is 7.80. The number of carbonyl (C=O) groups excluding carboxylic acids is 1. The van der Waals surface area contributed by atoms with Crippen LogP contribution in [0.5, 0.6) is 11.5 Å². The average Bonchev–Trinajstić information content (AvgIpc) is 2.83. The molecule has 1 aliphatic heterocycles. The minimum absolute atomic E-state index is 0.0447. The summed E-state index contributed by atoms with van der Waals surface area (Å²) in [5, 5.41) is 21.7. The van der Waals surface area contributed by atoms with Crippen LogP contribution >= 0.6 is 0 Å². The second-order valence-electron chi connectivity index (χ2n) is 10.00. The summed E-state index contributed by atoms with van der Waals surface area (Å²) < 4.78 is 5.63. The van der Waals surface area contributed by atoms with Crippen molar-refractivity contribution in [3.05, 3.63) is 65.2 Å². The Morgan fingerprint density at radius 1 is 1.18 bits per heavy atom. The summed E-state index contributed by atoms with van der Waals surface area (Å²) >= 11 is 0. The third-order valence-corrected chi connectivity index (χ3v) is 7.50. The summed E-state index contributed by atoms with van der Waals surface area (Å²) in [7, 11) is 0. The number of fused-ring (bicyclic) bond motifs is 1. The standard InChI is InChI=1S/C29H37NO4/c1-4-34-26-19-23(13-14-25(26)31)28-24-7-5-6-16-29(24,33)17-18-30(28)27(32)15-10-21-8-11-22(12-9-21)20(2)3/h8-15,19-20,24,28,31,33H,4-7,16-18H2,1-3H3/b15-10+/t24-,28-,29-/m0/s1. The van der Waals surface area contributed by atoms with Crippen LogP contribution in [0, 0.1) is 5.92 Å². The molecule has 2 N–H and O–H groups in total. The Hall–Kier alpha value is -2.79. The molecule has 0 unspecified atom stereocenters. The van der Waals surface area contributed by atoms with Gasteiger partial charge in [0.05, 0.1) is 18.2 Å². The largest absolute Gasteiger partial charge is 0.504 e. The van der Waals surface area contributed by atoms with Crippen LogP contribution in [0.15, 0.2) is 48.5 Å². The van der Waals surface area contributed by atoms with Crippen LogP contribution < -0.4 is 4.74 Å². The van der Waals surface area contributed by atoms with Gasteiger partial charge in [-0.15, -0.1) is 0 Å². The number of hydrogen-bond acceptors (Lipinski definition) is 4. The number of ether oxygens (including phenoxy) is 1. The maximum atomic E-state index is 13.5. The van der Waals surface area contributed by atoms with Crippen molar-refractivity contribution in [2.75, 3.05) is 13.2 Å². The van der Waals surface area contributed by atoms with E-state index in [-0.39, 0.29) is 23.6 Å². The molecule has 5 nitrogen and oxygen atoms in total. The van der Waals surface area contributed by atoms with Crippen molar-refractivity contribution in [3.63, 3.8) is 0 Å². The molecule has 2 fully saturated rings. The molecule has 5 heteroatoms. The fraction of sp³-hybridized carbons (Fsp3) is 0.483. The average molecular weight is 464 g/mol. The van der Waals surface area contributed by atoms with Crippen LogP contribution in [0.2, 0.25) is 0 Å². The van der Waals surface area contributed by atoms with E-state index in [0.29, 0.717) is 31.2 Å². The zero-order valence-electron chi connectivity index (χ0n) is 20.5. The van der Waals surface area contributed by atoms with Gasteiger partial charge in [-0.2, -0.15) is 0 Å². The van der Waals surface area contributed by atoms with Gasteiger partial charge in [-0.25, -0.2) is 0 Å². The number of rotatable bonds is 6. The molecule has 1 amide bonds. The van der Waals surface area contributed by atoms with Gasteiger partial charge in [0.2, 0.25) is 5.91 Å². The molecule has 2 aliphatic rings. The van der Waals surface area contributed by atoms with Crippen molar-refractivity contribution in [2.45, 2.75) is 70.4 Å². The zero-order chi connectivity index (χ0) is 24.3. The smallest absolute Gasteiger partial charge is 0.247 e. The first kappa shape index (κ1) is 24.3. The molecule has 4 rings (SSSR count). The lowest BCUT2D eigenvalue weighted by Gasteiger charge is -2.52. The third kappa shape index (κ3) is 5.00. The van der Waals surface area contributed by atoms with E-state index in [1.165, 1.54) is 5.56 Å². The first-order valence-corrected chi connectivity index (χ1v) is 12.6. The molecule has 1 aliphatic carbocycles. The fourth-order valence-electron chi connectivity index (χ4n) is 5.58. The second-order valence-corrected chi connectivity index (χ2v) is 10.00. The summed E-state index contributed by atoms with van der Waals surface area (Å²) in [6, 6.07) is 13.3. The van der Waals surface area contributed by atoms with Gasteiger partial charge < -0.3 is 19.8 Å². The monoisotopic (exact) mass is 463 g/mol. The molecule has 1 saturated heterocycles. The molecule has 0 radical (unpaired) electrons. The first-order valence-electron chi connectivity index (χ1n) is 12.6. The lowest BCUT2D eigenvalue weighted by molar-refractivity contribution is -0.150. The molecule has 1 heterocycles. The fourth-order valence-corrected chi connectivity index (χ4v) is 5.58. The van der Waals surface area contributed by atoms with Crippen LogP contribution in [0.1, 0.15) is 81.5 Å². The van der Waals surface area contributed by atoms with E-state index in [1.54, 1.807) is 12.1 Å². The van der Waals surface area contributed by atoms with Crippen LogP contribution in [0.3, 0.4) is 0 Å². The van der Waals surface area contributed by atoms with Gasteiger partial charge in [-0.1, -0.05) is 57.0 Å². The molecule has 182 valence electrons. The van der Waals surface area contributed by atoms with E-state index in [0.717, 1.165) is 36.8 Å². The van der Waals surface area contributed by atoms with Crippen molar-refractivity contribution in [1.29, 1.82) is 0 Å². The number of hydrogen-bond donors (Lipinski definition) is 2. The second kappa shape index (κ2) is 10.2. The van der Waals surface area contributed by atoms with Crippen molar-refractivity contribution in [1.82, 2.24) is 4.90 Å². The van der Waals surface area contributed by atoms with Crippen molar-refractivity contribution < 1.29 is 19.7 Å². The van der Waals surface area contributed by atoms with Crippen LogP contribution in [-0.2, 0) is 4.79 Å². The zero-order valence-corrected chi connectivity index (χ0v) is 20.5. The highest BCUT2D eigenvalue weighted by molar-refractivity contribution is 5.92. The third-order valence-electron chi connectivity index (χ3n) is 7.50. The lowest BCUT2D eigenvalue weighted by Crippen LogP contribution is -2.56. The number of phenolic OH excluding ortho intramolecular Hbond substituents is 1. The predicted molar refractivity (Wildman–Crippen MR) is 135 cm³/mol. The van der Waals surface area contributed by atoms with Gasteiger partial charge in [-0.3, -0.25) is 4.79 Å². The number of piperidine rings is 1. The minimum atomic E-state index is -0.764. The molecular formula is C29H37NO4. The Morgan fingerprint density at radius 3 is 2.65 bits per heavy atom. The molecular weight excluding hydrogens is 426 g/mol. The Bertz CT molecular complexity index is 1030. The Labute approximate surface area is 203 Å². The Morgan fingerprint density at radius 2 is 1.94 bits per heavy atom. The predicted octanol–water partition coefficient (Wildman–Crippen LogP) is 5.82. The van der Waals surface area contributed by atoms with Gasteiger partial charge in [0, 0.05) is 18.5 Å². The number of carbonyl (C=O) groups is 1. The van der Waals surface area contributed by atoms with Crippen molar-refractivity contribution >= 4 is 12.0 Å². The highest BCUT2D eigenvalue weighted by Gasteiger charge is 2.50. The topological polar surface area (TPSA) is 70.0 Å². The highest BCUT2D eigenvalue weighted by atomic mass is 16.5. The van der Waals surface area contributed by atoms with Gasteiger partial charge in [0.25, 0.3) is 0 Å². The van der Waals surface area contributed by atoms with E-state index < -0.39 is 5.60 Å². The number of likely N-dealkylation sites (tertiary alicyclic amines) is 1. The molecule has 1 saturated carbocycles. The molecule has 0 aromatic heterocycles. The Balaban J connectivity index is 1.64. The van der Waals surface area contributed by atoms with Crippen molar-refractivity contribution in [2.24, 2.45) is 5.92 Å². The van der Waals surface area contributed by atoms with Gasteiger partial charge in [-0.05, 0) is 67.0 Å². The van der Waals surface area contributed by atoms with Crippen LogP contribution in [0.25, 0.3) is 6.08 Å². The lowest BCUT2D eigenvalue weighted by atomic mass is 9.66. The number of aromatic hydroxyl groups is 1. The summed E-state index contributed by atoms with van der Waals surface area (Å²) in [4.78, 5) is 15.4. The molecule has 2 aromatic carbocycles. The summed E-state index contributed by atoms with van der Waals surface area (Å²) in [5.41, 5.74) is 2.39. The number of nitrogens with zero attached hydrogens (tertiary/aromatic N) is 1. The SMILES string of the molecule is CCOc1cc([C@H]2[C@@H]3CCCC[C@]3(O)CCN2C(=O)/C=C/c2ccc(C(C)C)cc2)ccc1O. The van der Waals surface area contributed by atoms with Gasteiger partial charge in [0.1, 0.15) is 0 Å². The number of phenols is 1. The van der Waals surface area contributed by atoms with E-state index >= 15 is 0 Å². The number of amides is 1. The summed E-state index contributed by atoms with van der Waals surface area (Å²) in [6.45, 7) is 7.14. The van der Waals surface area contributed by atoms with Crippen LogP contribution in [0.4, 0.5) is 0 Å². The van der Waals surface area contributed by atoms with Gasteiger partial charge in [0.15, 0.2) is 11.5 Å². The van der Waals surface area contributed by atoms with Gasteiger partial charge >= 0.3 is 0 Å². The van der Waals surface area contributed by atoms with Crippen molar-refractivity contribution in [3.8, 4) is 11.5 Å². The van der Waals surface area contributed by atoms with Crippen LogP contribution in [-0.4, -0.2) is 39.8 Å². The number of benzene rings is 2. The number of aliphatic hydroxyl groups is 1. The molecule has 0 spiro atoms. The summed E-state index contributed by atoms with van der Waals surface area (Å²) in [5.74, 6) is 0.865. The van der Waals surface area contributed by atoms with E-state index in [1.807, 2.05) is 42.2 Å². The molecule has 3 atom stereocenters. The molecule has 34 heavy (non-hydrogen) atoms. The highest BCUT2D eigenvalue weighted by Crippen LogP contribution is 2.50.